The second-order valence-electron chi connectivity index (χ2n) is 10.5. The van der Waals surface area contributed by atoms with Crippen molar-refractivity contribution in [3.8, 4) is 0 Å². The van der Waals surface area contributed by atoms with Gasteiger partial charge in [0.05, 0.1) is 6.04 Å². The topological polar surface area (TPSA) is 54.5 Å². The summed E-state index contributed by atoms with van der Waals surface area (Å²) in [7, 11) is 0. The third kappa shape index (κ3) is 3.15. The number of aryl methyl sites for hydroxylation is 1. The van der Waals surface area contributed by atoms with Gasteiger partial charge in [0.25, 0.3) is 0 Å². The van der Waals surface area contributed by atoms with Crippen molar-refractivity contribution in [1.82, 2.24) is 0 Å². The first-order valence-corrected chi connectivity index (χ1v) is 13.4. The molecule has 1 aliphatic carbocycles. The fraction of sp³-hybridized carbons (Fsp3) is 0.147. The SMILES string of the molecule is Cc1ccc2c(c1)N1[C@H](C(=O)c3ccccc3)[C@@H](c3ccccc3Cl)C3(C(=O)c4ccccc4C3=O)[C@H]1C=C2. The van der Waals surface area contributed by atoms with Crippen LogP contribution in [0.2, 0.25) is 5.02 Å². The fourth-order valence-corrected chi connectivity index (χ4v) is 7.17. The number of fused-ring (bicyclic) bond motifs is 5. The van der Waals surface area contributed by atoms with Gasteiger partial charge in [-0.3, -0.25) is 14.4 Å². The zero-order valence-electron chi connectivity index (χ0n) is 21.2. The van der Waals surface area contributed by atoms with E-state index in [4.69, 9.17) is 11.6 Å². The number of Topliss-reactive ketones (excluding diaryl/α,β-unsaturated/α-hetero) is 3. The van der Waals surface area contributed by atoms with Crippen LogP contribution < -0.4 is 4.90 Å². The predicted octanol–water partition coefficient (Wildman–Crippen LogP) is 6.96. The molecular formula is C34H24ClNO3. The zero-order chi connectivity index (χ0) is 26.9. The van der Waals surface area contributed by atoms with Gasteiger partial charge in [0.1, 0.15) is 11.5 Å². The van der Waals surface area contributed by atoms with E-state index in [1.807, 2.05) is 78.6 Å². The highest BCUT2D eigenvalue weighted by Gasteiger charge is 2.71. The molecule has 1 spiro atoms. The molecule has 3 atom stereocenters. The molecule has 39 heavy (non-hydrogen) atoms. The minimum absolute atomic E-state index is 0.151. The maximum absolute atomic E-state index is 14.6. The Hall–Kier alpha value is -4.28. The molecule has 2 aliphatic heterocycles. The first-order valence-electron chi connectivity index (χ1n) is 13.0. The van der Waals surface area contributed by atoms with Gasteiger partial charge in [-0.2, -0.15) is 0 Å². The number of rotatable bonds is 3. The van der Waals surface area contributed by atoms with Crippen LogP contribution in [0.3, 0.4) is 0 Å². The van der Waals surface area contributed by atoms with E-state index >= 15 is 0 Å². The van der Waals surface area contributed by atoms with E-state index < -0.39 is 23.4 Å². The normalized spacial score (nSPS) is 22.1. The van der Waals surface area contributed by atoms with Gasteiger partial charge in [0.15, 0.2) is 17.3 Å². The molecule has 0 radical (unpaired) electrons. The molecule has 3 aliphatic rings. The monoisotopic (exact) mass is 529 g/mol. The second-order valence-corrected chi connectivity index (χ2v) is 10.9. The summed E-state index contributed by atoms with van der Waals surface area (Å²) >= 11 is 6.84. The van der Waals surface area contributed by atoms with E-state index in [-0.39, 0.29) is 17.3 Å². The summed E-state index contributed by atoms with van der Waals surface area (Å²) in [6, 6.07) is 27.9. The Labute approximate surface area is 231 Å². The lowest BCUT2D eigenvalue weighted by molar-refractivity contribution is 0.0666. The van der Waals surface area contributed by atoms with Crippen LogP contribution in [0, 0.1) is 12.3 Å². The van der Waals surface area contributed by atoms with E-state index in [9.17, 15) is 14.4 Å². The smallest absolute Gasteiger partial charge is 0.185 e. The zero-order valence-corrected chi connectivity index (χ0v) is 21.9. The maximum Gasteiger partial charge on any atom is 0.185 e. The Morgan fingerprint density at radius 1 is 0.821 bits per heavy atom. The van der Waals surface area contributed by atoms with Crippen LogP contribution in [0.1, 0.15) is 53.7 Å². The van der Waals surface area contributed by atoms with Gasteiger partial charge in [-0.1, -0.05) is 109 Å². The van der Waals surface area contributed by atoms with Crippen LogP contribution >= 0.6 is 11.6 Å². The molecule has 0 unspecified atom stereocenters. The van der Waals surface area contributed by atoms with E-state index in [2.05, 4.69) is 0 Å². The number of hydrogen-bond acceptors (Lipinski definition) is 4. The van der Waals surface area contributed by atoms with Crippen molar-refractivity contribution in [2.45, 2.75) is 24.9 Å². The quantitative estimate of drug-likeness (QED) is 0.212. The highest BCUT2D eigenvalue weighted by Crippen LogP contribution is 2.61. The number of nitrogens with zero attached hydrogens (tertiary/aromatic N) is 1. The minimum Gasteiger partial charge on any atom is -0.352 e. The van der Waals surface area contributed by atoms with Gasteiger partial charge >= 0.3 is 0 Å². The van der Waals surface area contributed by atoms with Crippen molar-refractivity contribution < 1.29 is 14.4 Å². The maximum atomic E-state index is 14.6. The van der Waals surface area contributed by atoms with Crippen LogP contribution in [0.4, 0.5) is 5.69 Å². The number of halogens is 1. The number of benzene rings is 4. The Morgan fingerprint density at radius 2 is 1.46 bits per heavy atom. The average Bonchev–Trinajstić information content (AvgIpc) is 3.39. The van der Waals surface area contributed by atoms with Crippen LogP contribution in [0.5, 0.6) is 0 Å². The predicted molar refractivity (Wildman–Crippen MR) is 153 cm³/mol. The van der Waals surface area contributed by atoms with Gasteiger partial charge in [0, 0.05) is 33.3 Å². The molecule has 5 heteroatoms. The van der Waals surface area contributed by atoms with Crippen LogP contribution in [-0.4, -0.2) is 29.4 Å². The minimum atomic E-state index is -1.55. The van der Waals surface area contributed by atoms with Crippen molar-refractivity contribution in [1.29, 1.82) is 0 Å². The molecule has 1 saturated heterocycles. The Kier molecular flexibility index (Phi) is 5.26. The molecule has 1 fully saturated rings. The first-order chi connectivity index (χ1) is 18.9. The van der Waals surface area contributed by atoms with Gasteiger partial charge in [-0.15, -0.1) is 0 Å². The lowest BCUT2D eigenvalue weighted by Gasteiger charge is -2.37. The first kappa shape index (κ1) is 23.8. The number of ketones is 3. The highest BCUT2D eigenvalue weighted by atomic mass is 35.5. The lowest BCUT2D eigenvalue weighted by Crippen LogP contribution is -2.48. The molecule has 0 bridgehead atoms. The molecular weight excluding hydrogens is 506 g/mol. The summed E-state index contributed by atoms with van der Waals surface area (Å²) in [5.74, 6) is -1.48. The number of carbonyl (C=O) groups is 3. The Morgan fingerprint density at radius 3 is 2.15 bits per heavy atom. The second kappa shape index (κ2) is 8.62. The number of carbonyl (C=O) groups excluding carboxylic acids is 3. The molecule has 4 nitrogen and oxygen atoms in total. The van der Waals surface area contributed by atoms with E-state index in [0.717, 1.165) is 16.8 Å². The Balaban J connectivity index is 1.58. The lowest BCUT2D eigenvalue weighted by atomic mass is 9.64. The molecule has 4 aromatic rings. The van der Waals surface area contributed by atoms with Crippen molar-refractivity contribution in [3.05, 3.63) is 142 Å². The summed E-state index contributed by atoms with van der Waals surface area (Å²) in [4.78, 5) is 45.9. The average molecular weight is 530 g/mol. The Bertz CT molecular complexity index is 1690. The van der Waals surface area contributed by atoms with Gasteiger partial charge < -0.3 is 4.90 Å². The summed E-state index contributed by atoms with van der Waals surface area (Å²) in [6.45, 7) is 2.00. The molecule has 0 aromatic heterocycles. The van der Waals surface area contributed by atoms with Crippen LogP contribution in [0.25, 0.3) is 6.08 Å². The van der Waals surface area contributed by atoms with Gasteiger partial charge in [-0.25, -0.2) is 0 Å². The highest BCUT2D eigenvalue weighted by molar-refractivity contribution is 6.34. The molecule has 190 valence electrons. The standard InChI is InChI=1S/C34H24ClNO3/c1-20-15-16-21-17-18-28-34(32(38)23-11-5-6-12-24(23)33(34)39)29(25-13-7-8-14-26(25)35)30(36(28)27(21)19-20)31(37)22-9-3-2-4-10-22/h2-19,28-30H,1H3/t28-,29-,30+/m1/s1. The summed E-state index contributed by atoms with van der Waals surface area (Å²) in [5, 5.41) is 0.428. The third-order valence-corrected chi connectivity index (χ3v) is 8.87. The number of anilines is 1. The summed E-state index contributed by atoms with van der Waals surface area (Å²) < 4.78 is 0. The molecule has 4 aromatic carbocycles. The molecule has 0 saturated carbocycles. The van der Waals surface area contributed by atoms with Gasteiger partial charge in [-0.05, 0) is 35.7 Å². The summed E-state index contributed by atoms with van der Waals surface area (Å²) in [5.41, 5.74) is 3.19. The molecule has 2 heterocycles. The molecule has 0 amide bonds. The summed E-state index contributed by atoms with van der Waals surface area (Å²) in [6.07, 6.45) is 3.90. The fourth-order valence-electron chi connectivity index (χ4n) is 6.92. The van der Waals surface area contributed by atoms with Gasteiger partial charge in [0.2, 0.25) is 0 Å². The van der Waals surface area contributed by atoms with Crippen LogP contribution in [-0.2, 0) is 0 Å². The van der Waals surface area contributed by atoms with Crippen molar-refractivity contribution in [3.63, 3.8) is 0 Å². The van der Waals surface area contributed by atoms with E-state index in [1.165, 1.54) is 0 Å². The van der Waals surface area contributed by atoms with Crippen molar-refractivity contribution in [2.75, 3.05) is 4.90 Å². The van der Waals surface area contributed by atoms with E-state index in [0.29, 0.717) is 27.3 Å². The number of hydrogen-bond donors (Lipinski definition) is 0. The third-order valence-electron chi connectivity index (χ3n) is 8.53. The van der Waals surface area contributed by atoms with Crippen molar-refractivity contribution >= 4 is 40.7 Å². The van der Waals surface area contributed by atoms with E-state index in [1.54, 1.807) is 42.5 Å². The molecule has 7 rings (SSSR count). The van der Waals surface area contributed by atoms with Crippen molar-refractivity contribution in [2.24, 2.45) is 5.41 Å². The van der Waals surface area contributed by atoms with Crippen LogP contribution in [0.15, 0.2) is 103 Å². The largest absolute Gasteiger partial charge is 0.352 e. The molecule has 0 N–H and O–H groups in total.